The molecule has 0 aliphatic heterocycles. The number of benzene rings is 2. The molecule has 108 valence electrons. The average Bonchev–Trinajstić information content (AvgIpc) is 2.55. The van der Waals surface area contributed by atoms with E-state index >= 15 is 0 Å². The summed E-state index contributed by atoms with van der Waals surface area (Å²) in [5.41, 5.74) is 7.12. The molecule has 0 aliphatic rings. The Balaban J connectivity index is 2.05. The van der Waals surface area contributed by atoms with Crippen LogP contribution in [0.2, 0.25) is 0 Å². The van der Waals surface area contributed by atoms with E-state index in [1.165, 1.54) is 0 Å². The van der Waals surface area contributed by atoms with Gasteiger partial charge >= 0.3 is 0 Å². The summed E-state index contributed by atoms with van der Waals surface area (Å²) in [5.74, 6) is -0.201. The molecule has 2 aromatic rings. The van der Waals surface area contributed by atoms with Gasteiger partial charge < -0.3 is 11.1 Å². The summed E-state index contributed by atoms with van der Waals surface area (Å²) in [6.45, 7) is 1.10. The highest BCUT2D eigenvalue weighted by atomic mass is 16.1. The smallest absolute Gasteiger partial charge is 0.251 e. The zero-order chi connectivity index (χ0) is 15.1. The molecule has 21 heavy (non-hydrogen) atoms. The molecule has 0 radical (unpaired) electrons. The van der Waals surface area contributed by atoms with Crippen molar-refractivity contribution >= 4 is 11.7 Å². The average molecular weight is 282 g/mol. The Kier molecular flexibility index (Phi) is 5.23. The van der Waals surface area contributed by atoms with Crippen LogP contribution in [0, 0.1) is 0 Å². The van der Waals surface area contributed by atoms with Crippen molar-refractivity contribution < 1.29 is 9.59 Å². The van der Waals surface area contributed by atoms with Crippen molar-refractivity contribution in [2.24, 2.45) is 5.73 Å². The second-order valence-electron chi connectivity index (χ2n) is 4.67. The van der Waals surface area contributed by atoms with Crippen molar-refractivity contribution in [1.82, 2.24) is 5.32 Å². The minimum Gasteiger partial charge on any atom is -0.352 e. The Labute approximate surface area is 124 Å². The number of rotatable bonds is 6. The van der Waals surface area contributed by atoms with Crippen molar-refractivity contribution in [3.8, 4) is 0 Å². The Morgan fingerprint density at radius 1 is 0.857 bits per heavy atom. The van der Waals surface area contributed by atoms with Gasteiger partial charge in [0.05, 0.1) is 0 Å². The van der Waals surface area contributed by atoms with E-state index in [1.807, 2.05) is 18.2 Å². The largest absolute Gasteiger partial charge is 0.352 e. The third kappa shape index (κ3) is 4.00. The molecule has 0 unspecified atom stereocenters. The van der Waals surface area contributed by atoms with E-state index in [9.17, 15) is 9.59 Å². The number of carbonyl (C=O) groups excluding carboxylic acids is 2. The maximum Gasteiger partial charge on any atom is 0.251 e. The van der Waals surface area contributed by atoms with Gasteiger partial charge in [0, 0.05) is 23.2 Å². The molecule has 0 aliphatic carbocycles. The van der Waals surface area contributed by atoms with Crippen LogP contribution in [-0.2, 0) is 0 Å². The summed E-state index contributed by atoms with van der Waals surface area (Å²) in [6.07, 6.45) is 0.746. The van der Waals surface area contributed by atoms with E-state index < -0.39 is 0 Å². The second-order valence-corrected chi connectivity index (χ2v) is 4.67. The first kappa shape index (κ1) is 14.9. The van der Waals surface area contributed by atoms with Crippen molar-refractivity contribution in [2.45, 2.75) is 6.42 Å². The van der Waals surface area contributed by atoms with Gasteiger partial charge in [-0.05, 0) is 25.1 Å². The van der Waals surface area contributed by atoms with E-state index in [0.717, 1.165) is 6.42 Å². The lowest BCUT2D eigenvalue weighted by atomic mass is 10.0. The summed E-state index contributed by atoms with van der Waals surface area (Å²) in [5, 5.41) is 2.78. The third-order valence-corrected chi connectivity index (χ3v) is 3.11. The van der Waals surface area contributed by atoms with E-state index in [2.05, 4.69) is 5.32 Å². The van der Waals surface area contributed by atoms with Crippen molar-refractivity contribution in [3.05, 3.63) is 71.3 Å². The van der Waals surface area contributed by atoms with Crippen LogP contribution < -0.4 is 11.1 Å². The third-order valence-electron chi connectivity index (χ3n) is 3.11. The summed E-state index contributed by atoms with van der Waals surface area (Å²) >= 11 is 0. The van der Waals surface area contributed by atoms with Crippen molar-refractivity contribution in [3.63, 3.8) is 0 Å². The van der Waals surface area contributed by atoms with Crippen LogP contribution in [0.3, 0.4) is 0 Å². The Hall–Kier alpha value is -2.46. The van der Waals surface area contributed by atoms with Crippen LogP contribution in [-0.4, -0.2) is 24.8 Å². The SMILES string of the molecule is NCCCNC(=O)c1ccc(C(=O)c2ccccc2)cc1. The molecular formula is C17H18N2O2. The molecule has 2 aromatic carbocycles. The highest BCUT2D eigenvalue weighted by Crippen LogP contribution is 2.11. The van der Waals surface area contributed by atoms with Gasteiger partial charge in [0.25, 0.3) is 5.91 Å². The quantitative estimate of drug-likeness (QED) is 0.628. The van der Waals surface area contributed by atoms with Crippen LogP contribution in [0.5, 0.6) is 0 Å². The topological polar surface area (TPSA) is 72.2 Å². The molecule has 3 N–H and O–H groups in total. The number of ketones is 1. The standard InChI is InChI=1S/C17H18N2O2/c18-11-4-12-19-17(21)15-9-7-14(8-10-15)16(20)13-5-2-1-3-6-13/h1-3,5-10H,4,11-12,18H2,(H,19,21). The van der Waals surface area contributed by atoms with Gasteiger partial charge in [0.1, 0.15) is 0 Å². The summed E-state index contributed by atoms with van der Waals surface area (Å²) in [4.78, 5) is 24.1. The first-order valence-electron chi connectivity index (χ1n) is 6.90. The number of carbonyl (C=O) groups is 2. The molecule has 0 fully saturated rings. The minimum atomic E-state index is -0.151. The van der Waals surface area contributed by atoms with Gasteiger partial charge in [0.15, 0.2) is 5.78 Å². The van der Waals surface area contributed by atoms with Gasteiger partial charge in [-0.1, -0.05) is 42.5 Å². The van der Waals surface area contributed by atoms with Gasteiger partial charge in [-0.25, -0.2) is 0 Å². The Bertz CT molecular complexity index is 606. The molecule has 0 heterocycles. The number of hydrogen-bond donors (Lipinski definition) is 2. The molecule has 0 atom stereocenters. The van der Waals surface area contributed by atoms with Crippen molar-refractivity contribution in [1.29, 1.82) is 0 Å². The lowest BCUT2D eigenvalue weighted by Crippen LogP contribution is -2.25. The monoisotopic (exact) mass is 282 g/mol. The summed E-state index contributed by atoms with van der Waals surface area (Å²) in [6, 6.07) is 15.7. The molecule has 0 aromatic heterocycles. The van der Waals surface area contributed by atoms with E-state index in [0.29, 0.717) is 29.8 Å². The van der Waals surface area contributed by atoms with Crippen LogP contribution >= 0.6 is 0 Å². The lowest BCUT2D eigenvalue weighted by molar-refractivity contribution is 0.0952. The number of nitrogens with one attached hydrogen (secondary N) is 1. The van der Waals surface area contributed by atoms with Crippen LogP contribution in [0.15, 0.2) is 54.6 Å². The van der Waals surface area contributed by atoms with Crippen LogP contribution in [0.25, 0.3) is 0 Å². The fourth-order valence-electron chi connectivity index (χ4n) is 1.94. The molecule has 1 amide bonds. The maximum absolute atomic E-state index is 12.2. The van der Waals surface area contributed by atoms with Gasteiger partial charge in [-0.3, -0.25) is 9.59 Å². The van der Waals surface area contributed by atoms with E-state index in [4.69, 9.17) is 5.73 Å². The molecule has 4 nitrogen and oxygen atoms in total. The highest BCUT2D eigenvalue weighted by Gasteiger charge is 2.10. The first-order chi connectivity index (χ1) is 10.2. The molecular weight excluding hydrogens is 264 g/mol. The fraction of sp³-hybridized carbons (Fsp3) is 0.176. The minimum absolute atomic E-state index is 0.0503. The molecule has 2 rings (SSSR count). The maximum atomic E-state index is 12.2. The number of amides is 1. The number of nitrogens with two attached hydrogens (primary N) is 1. The Morgan fingerprint density at radius 2 is 1.43 bits per heavy atom. The van der Waals surface area contributed by atoms with E-state index in [-0.39, 0.29) is 11.7 Å². The zero-order valence-electron chi connectivity index (χ0n) is 11.7. The zero-order valence-corrected chi connectivity index (χ0v) is 11.7. The predicted octanol–water partition coefficient (Wildman–Crippen LogP) is 2.00. The predicted molar refractivity (Wildman–Crippen MR) is 82.3 cm³/mol. The molecule has 0 saturated carbocycles. The summed E-state index contributed by atoms with van der Waals surface area (Å²) in [7, 11) is 0. The fourth-order valence-corrected chi connectivity index (χ4v) is 1.94. The van der Waals surface area contributed by atoms with Crippen molar-refractivity contribution in [2.75, 3.05) is 13.1 Å². The highest BCUT2D eigenvalue weighted by molar-refractivity contribution is 6.09. The normalized spacial score (nSPS) is 10.1. The van der Waals surface area contributed by atoms with E-state index in [1.54, 1.807) is 36.4 Å². The lowest BCUT2D eigenvalue weighted by Gasteiger charge is -2.05. The molecule has 0 bridgehead atoms. The molecule has 0 saturated heterocycles. The first-order valence-corrected chi connectivity index (χ1v) is 6.90. The number of hydrogen-bond acceptors (Lipinski definition) is 3. The molecule has 0 spiro atoms. The van der Waals surface area contributed by atoms with Gasteiger partial charge in [-0.2, -0.15) is 0 Å². The van der Waals surface area contributed by atoms with Crippen LogP contribution in [0.1, 0.15) is 32.7 Å². The second kappa shape index (κ2) is 7.36. The van der Waals surface area contributed by atoms with Crippen LogP contribution in [0.4, 0.5) is 0 Å². The van der Waals surface area contributed by atoms with Gasteiger partial charge in [-0.15, -0.1) is 0 Å². The van der Waals surface area contributed by atoms with Gasteiger partial charge in [0.2, 0.25) is 0 Å². The summed E-state index contributed by atoms with van der Waals surface area (Å²) < 4.78 is 0. The molecule has 4 heteroatoms. The Morgan fingerprint density at radius 3 is 2.05 bits per heavy atom.